The molecule has 2 heterocycles. The molecule has 1 unspecified atom stereocenters. The number of aryl methyl sites for hydroxylation is 2. The maximum Gasteiger partial charge on any atom is 0.150 e. The lowest BCUT2D eigenvalue weighted by Gasteiger charge is -2.34. The molecule has 1 aliphatic heterocycles. The van der Waals surface area contributed by atoms with Crippen molar-refractivity contribution >= 4 is 11.5 Å². The highest BCUT2D eigenvalue weighted by Crippen LogP contribution is 2.29. The Bertz CT molecular complexity index is 414. The van der Waals surface area contributed by atoms with Crippen molar-refractivity contribution in [3.63, 3.8) is 0 Å². The Balaban J connectivity index is 2.20. The number of ether oxygens (including phenoxy) is 1. The van der Waals surface area contributed by atoms with Crippen LogP contribution in [0.15, 0.2) is 0 Å². The summed E-state index contributed by atoms with van der Waals surface area (Å²) in [4.78, 5) is 2.34. The van der Waals surface area contributed by atoms with Crippen molar-refractivity contribution in [1.82, 2.24) is 9.78 Å². The minimum Gasteiger partial charge on any atom is -0.394 e. The highest BCUT2D eigenvalue weighted by molar-refractivity contribution is 5.66. The quantitative estimate of drug-likeness (QED) is 0.887. The standard InChI is InChI=1S/C14H26N4O/c1-4-8-18-14(13(15)11(3)16-18)17-9-6-7-12(10-17)19-5-2/h12H,4-10,15H2,1-3H3. The summed E-state index contributed by atoms with van der Waals surface area (Å²) < 4.78 is 7.82. The average molecular weight is 266 g/mol. The Morgan fingerprint density at radius 3 is 2.89 bits per heavy atom. The van der Waals surface area contributed by atoms with E-state index in [2.05, 4.69) is 28.5 Å². The first kappa shape index (κ1) is 14.2. The number of nitrogens with zero attached hydrogens (tertiary/aromatic N) is 3. The van der Waals surface area contributed by atoms with E-state index in [0.717, 1.165) is 62.7 Å². The molecule has 5 heteroatoms. The Kier molecular flexibility index (Phi) is 4.69. The van der Waals surface area contributed by atoms with Crippen LogP contribution in [0.1, 0.15) is 38.8 Å². The summed E-state index contributed by atoms with van der Waals surface area (Å²) in [5, 5.41) is 4.56. The molecule has 0 saturated carbocycles. The zero-order valence-corrected chi connectivity index (χ0v) is 12.4. The third-order valence-corrected chi connectivity index (χ3v) is 3.66. The summed E-state index contributed by atoms with van der Waals surface area (Å²) >= 11 is 0. The van der Waals surface area contributed by atoms with Crippen molar-refractivity contribution in [3.8, 4) is 0 Å². The van der Waals surface area contributed by atoms with Gasteiger partial charge in [-0.2, -0.15) is 5.10 Å². The molecule has 0 radical (unpaired) electrons. The number of nitrogens with two attached hydrogens (primary N) is 1. The Labute approximate surface area is 115 Å². The number of aromatic nitrogens is 2. The van der Waals surface area contributed by atoms with Gasteiger partial charge >= 0.3 is 0 Å². The van der Waals surface area contributed by atoms with Crippen molar-refractivity contribution in [2.45, 2.75) is 52.7 Å². The van der Waals surface area contributed by atoms with E-state index in [1.54, 1.807) is 0 Å². The third-order valence-electron chi connectivity index (χ3n) is 3.66. The van der Waals surface area contributed by atoms with Crippen LogP contribution in [0.4, 0.5) is 11.5 Å². The molecule has 0 bridgehead atoms. The lowest BCUT2D eigenvalue weighted by molar-refractivity contribution is 0.0523. The van der Waals surface area contributed by atoms with Gasteiger partial charge in [-0.25, -0.2) is 4.68 Å². The molecule has 1 fully saturated rings. The summed E-state index contributed by atoms with van der Waals surface area (Å²) in [6, 6.07) is 0. The number of anilines is 2. The zero-order chi connectivity index (χ0) is 13.8. The molecule has 19 heavy (non-hydrogen) atoms. The lowest BCUT2D eigenvalue weighted by Crippen LogP contribution is -2.41. The Hall–Kier alpha value is -1.23. The fourth-order valence-electron chi connectivity index (χ4n) is 2.79. The number of piperidine rings is 1. The van der Waals surface area contributed by atoms with Gasteiger partial charge in [0.15, 0.2) is 5.82 Å². The Morgan fingerprint density at radius 2 is 2.21 bits per heavy atom. The molecule has 1 aliphatic rings. The van der Waals surface area contributed by atoms with E-state index in [1.807, 2.05) is 6.92 Å². The van der Waals surface area contributed by atoms with Crippen LogP contribution in [0.3, 0.4) is 0 Å². The van der Waals surface area contributed by atoms with E-state index in [1.165, 1.54) is 0 Å². The van der Waals surface area contributed by atoms with Gasteiger partial charge in [0.2, 0.25) is 0 Å². The molecule has 0 aromatic carbocycles. The van der Waals surface area contributed by atoms with Crippen LogP contribution in [0.2, 0.25) is 0 Å². The van der Waals surface area contributed by atoms with Crippen LogP contribution in [0.25, 0.3) is 0 Å². The SMILES string of the molecule is CCCn1nc(C)c(N)c1N1CCCC(OCC)C1. The van der Waals surface area contributed by atoms with Gasteiger partial charge in [-0.05, 0) is 33.1 Å². The number of nitrogen functional groups attached to an aromatic ring is 1. The first-order valence-corrected chi connectivity index (χ1v) is 7.36. The van der Waals surface area contributed by atoms with Gasteiger partial charge in [0.05, 0.1) is 17.5 Å². The van der Waals surface area contributed by atoms with E-state index in [0.29, 0.717) is 6.10 Å². The molecule has 5 nitrogen and oxygen atoms in total. The first-order chi connectivity index (χ1) is 9.17. The second kappa shape index (κ2) is 6.28. The molecule has 1 aromatic rings. The van der Waals surface area contributed by atoms with Crippen LogP contribution >= 0.6 is 0 Å². The molecule has 1 saturated heterocycles. The molecule has 108 valence electrons. The van der Waals surface area contributed by atoms with Crippen LogP contribution in [-0.4, -0.2) is 35.6 Å². The van der Waals surface area contributed by atoms with Gasteiger partial charge in [-0.15, -0.1) is 0 Å². The van der Waals surface area contributed by atoms with Gasteiger partial charge in [0.1, 0.15) is 0 Å². The van der Waals surface area contributed by atoms with Crippen molar-refractivity contribution in [2.75, 3.05) is 30.3 Å². The molecule has 0 spiro atoms. The maximum atomic E-state index is 6.22. The van der Waals surface area contributed by atoms with Crippen molar-refractivity contribution in [2.24, 2.45) is 0 Å². The lowest BCUT2D eigenvalue weighted by atomic mass is 10.1. The maximum absolute atomic E-state index is 6.22. The van der Waals surface area contributed by atoms with Crippen molar-refractivity contribution in [3.05, 3.63) is 5.69 Å². The van der Waals surface area contributed by atoms with Gasteiger partial charge in [0, 0.05) is 26.2 Å². The van der Waals surface area contributed by atoms with E-state index >= 15 is 0 Å². The van der Waals surface area contributed by atoms with Crippen molar-refractivity contribution < 1.29 is 4.74 Å². The van der Waals surface area contributed by atoms with Crippen LogP contribution < -0.4 is 10.6 Å². The predicted octanol–water partition coefficient (Wildman–Crippen LogP) is 2.19. The summed E-state index contributed by atoms with van der Waals surface area (Å²) in [6.07, 6.45) is 3.69. The summed E-state index contributed by atoms with van der Waals surface area (Å²) in [6.45, 7) is 9.86. The fraction of sp³-hybridized carbons (Fsp3) is 0.786. The van der Waals surface area contributed by atoms with E-state index in [4.69, 9.17) is 10.5 Å². The number of hydrogen-bond acceptors (Lipinski definition) is 4. The highest BCUT2D eigenvalue weighted by Gasteiger charge is 2.25. The molecular weight excluding hydrogens is 240 g/mol. The topological polar surface area (TPSA) is 56.3 Å². The largest absolute Gasteiger partial charge is 0.394 e. The number of rotatable bonds is 5. The normalized spacial score (nSPS) is 19.9. The van der Waals surface area contributed by atoms with E-state index in [-0.39, 0.29) is 0 Å². The molecular formula is C14H26N4O. The Morgan fingerprint density at radius 1 is 1.42 bits per heavy atom. The molecule has 1 aromatic heterocycles. The second-order valence-corrected chi connectivity index (χ2v) is 5.21. The van der Waals surface area contributed by atoms with Crippen molar-refractivity contribution in [1.29, 1.82) is 0 Å². The first-order valence-electron chi connectivity index (χ1n) is 7.36. The number of hydrogen-bond donors (Lipinski definition) is 1. The van der Waals surface area contributed by atoms with Crippen LogP contribution in [-0.2, 0) is 11.3 Å². The monoisotopic (exact) mass is 266 g/mol. The van der Waals surface area contributed by atoms with Crippen LogP contribution in [0.5, 0.6) is 0 Å². The summed E-state index contributed by atoms with van der Waals surface area (Å²) in [5.41, 5.74) is 7.98. The molecule has 0 aliphatic carbocycles. The molecule has 1 atom stereocenters. The smallest absolute Gasteiger partial charge is 0.150 e. The third kappa shape index (κ3) is 3.03. The summed E-state index contributed by atoms with van der Waals surface area (Å²) in [5.74, 6) is 1.09. The second-order valence-electron chi connectivity index (χ2n) is 5.21. The predicted molar refractivity (Wildman–Crippen MR) is 78.5 cm³/mol. The van der Waals surface area contributed by atoms with Gasteiger partial charge < -0.3 is 15.4 Å². The molecule has 2 N–H and O–H groups in total. The van der Waals surface area contributed by atoms with Gasteiger partial charge in [-0.3, -0.25) is 0 Å². The van der Waals surface area contributed by atoms with E-state index in [9.17, 15) is 0 Å². The summed E-state index contributed by atoms with van der Waals surface area (Å²) in [7, 11) is 0. The van der Waals surface area contributed by atoms with E-state index < -0.39 is 0 Å². The van der Waals surface area contributed by atoms with Gasteiger partial charge in [0.25, 0.3) is 0 Å². The average Bonchev–Trinajstić information content (AvgIpc) is 2.66. The molecule has 2 rings (SSSR count). The molecule has 0 amide bonds. The van der Waals surface area contributed by atoms with Crippen LogP contribution in [0, 0.1) is 6.92 Å². The minimum absolute atomic E-state index is 0.323. The highest BCUT2D eigenvalue weighted by atomic mass is 16.5. The minimum atomic E-state index is 0.323. The van der Waals surface area contributed by atoms with Gasteiger partial charge in [-0.1, -0.05) is 6.92 Å². The zero-order valence-electron chi connectivity index (χ0n) is 12.4. The fourth-order valence-corrected chi connectivity index (χ4v) is 2.79.